The molecule has 1 aliphatic rings. The van der Waals surface area contributed by atoms with Crippen molar-refractivity contribution in [1.82, 2.24) is 0 Å². The first-order chi connectivity index (χ1) is 11.1. The zero-order valence-electron chi connectivity index (χ0n) is 14.8. The average molecular weight is 343 g/mol. The summed E-state index contributed by atoms with van der Waals surface area (Å²) in [6.07, 6.45) is 4.52. The summed E-state index contributed by atoms with van der Waals surface area (Å²) in [5, 5.41) is 9.20. The van der Waals surface area contributed by atoms with Crippen LogP contribution in [-0.4, -0.2) is 34.8 Å². The Kier molecular flexibility index (Phi) is 7.20. The molecule has 0 aromatic heterocycles. The van der Waals surface area contributed by atoms with Crippen molar-refractivity contribution in [3.05, 3.63) is 0 Å². The minimum atomic E-state index is -1.43. The highest BCUT2D eigenvalue weighted by Crippen LogP contribution is 2.42. The van der Waals surface area contributed by atoms with E-state index in [0.29, 0.717) is 19.3 Å². The molecule has 0 aliphatic heterocycles. The van der Waals surface area contributed by atoms with Crippen LogP contribution in [0.2, 0.25) is 0 Å². The minimum Gasteiger partial charge on any atom is -0.481 e. The second-order valence-corrected chi connectivity index (χ2v) is 7.02. The molecule has 0 aromatic carbocycles. The molecule has 0 bridgehead atoms. The highest BCUT2D eigenvalue weighted by Gasteiger charge is 2.45. The van der Waals surface area contributed by atoms with Crippen molar-refractivity contribution >= 4 is 17.9 Å². The van der Waals surface area contributed by atoms with Crippen molar-refractivity contribution in [3.8, 4) is 0 Å². The number of esters is 2. The first-order valence-corrected chi connectivity index (χ1v) is 8.54. The number of nitrogens with two attached hydrogens (primary N) is 1. The number of hydrogen-bond acceptors (Lipinski definition) is 6. The molecule has 7 heteroatoms. The predicted octanol–water partition coefficient (Wildman–Crippen LogP) is 2.36. The van der Waals surface area contributed by atoms with Gasteiger partial charge in [-0.15, -0.1) is 0 Å². The molecule has 0 aromatic rings. The average Bonchev–Trinajstić information content (AvgIpc) is 2.45. The normalized spacial score (nSPS) is 18.5. The van der Waals surface area contributed by atoms with Crippen molar-refractivity contribution in [1.29, 1.82) is 0 Å². The minimum absolute atomic E-state index is 0.167. The van der Waals surface area contributed by atoms with Gasteiger partial charge in [-0.2, -0.15) is 0 Å². The van der Waals surface area contributed by atoms with Gasteiger partial charge in [0.1, 0.15) is 6.04 Å². The number of carboxylic acid groups (broad SMARTS) is 1. The fourth-order valence-electron chi connectivity index (χ4n) is 3.26. The molecule has 1 saturated carbocycles. The molecule has 3 N–H and O–H groups in total. The third-order valence-electron chi connectivity index (χ3n) is 4.43. The summed E-state index contributed by atoms with van der Waals surface area (Å²) in [6.45, 7) is 4.78. The Balaban J connectivity index is 2.79. The monoisotopic (exact) mass is 343 g/mol. The molecule has 0 heterocycles. The number of carbonyl (C=O) groups excluding carboxylic acids is 2. The second-order valence-electron chi connectivity index (χ2n) is 7.02. The first kappa shape index (κ1) is 20.4. The molecule has 1 unspecified atom stereocenters. The Hall–Kier alpha value is -1.63. The topological polar surface area (TPSA) is 116 Å². The van der Waals surface area contributed by atoms with Crippen LogP contribution in [0.15, 0.2) is 0 Å². The van der Waals surface area contributed by atoms with E-state index >= 15 is 0 Å². The highest BCUT2D eigenvalue weighted by molar-refractivity contribution is 5.79. The summed E-state index contributed by atoms with van der Waals surface area (Å²) < 4.78 is 10.4. The fraction of sp³-hybridized carbons (Fsp3) is 0.824. The van der Waals surface area contributed by atoms with Gasteiger partial charge in [0.25, 0.3) is 5.79 Å². The third kappa shape index (κ3) is 5.78. The molecule has 0 saturated heterocycles. The van der Waals surface area contributed by atoms with E-state index in [1.165, 1.54) is 13.8 Å². The van der Waals surface area contributed by atoms with Gasteiger partial charge in [0.05, 0.1) is 6.42 Å². The van der Waals surface area contributed by atoms with E-state index in [1.54, 1.807) is 0 Å². The van der Waals surface area contributed by atoms with E-state index in [1.807, 2.05) is 6.92 Å². The predicted molar refractivity (Wildman–Crippen MR) is 86.9 cm³/mol. The van der Waals surface area contributed by atoms with Crippen LogP contribution in [0, 0.1) is 5.41 Å². The lowest BCUT2D eigenvalue weighted by atomic mass is 9.67. The fourth-order valence-corrected chi connectivity index (χ4v) is 3.26. The van der Waals surface area contributed by atoms with Gasteiger partial charge < -0.3 is 20.3 Å². The molecule has 138 valence electrons. The molecule has 24 heavy (non-hydrogen) atoms. The van der Waals surface area contributed by atoms with E-state index in [2.05, 4.69) is 0 Å². The summed E-state index contributed by atoms with van der Waals surface area (Å²) in [4.78, 5) is 35.3. The quantitative estimate of drug-likeness (QED) is 0.513. The summed E-state index contributed by atoms with van der Waals surface area (Å²) in [6, 6.07) is -1.06. The van der Waals surface area contributed by atoms with E-state index in [9.17, 15) is 19.5 Å². The number of hydrogen-bond donors (Lipinski definition) is 2. The number of carbonyl (C=O) groups is 3. The van der Waals surface area contributed by atoms with Crippen LogP contribution in [0.3, 0.4) is 0 Å². The Morgan fingerprint density at radius 2 is 1.75 bits per heavy atom. The lowest BCUT2D eigenvalue weighted by molar-refractivity contribution is -0.219. The van der Waals surface area contributed by atoms with Crippen molar-refractivity contribution in [3.63, 3.8) is 0 Å². The molecule has 7 nitrogen and oxygen atoms in total. The maximum Gasteiger partial charge on any atom is 0.326 e. The summed E-state index contributed by atoms with van der Waals surface area (Å²) in [5.41, 5.74) is 5.29. The second kappa shape index (κ2) is 8.46. The zero-order valence-corrected chi connectivity index (χ0v) is 14.8. The molecule has 0 radical (unpaired) electrons. The molecule has 0 spiro atoms. The number of ether oxygens (including phenoxy) is 2. The SMILES string of the molecule is CCCC(=O)OC(C)(C)OC(=O)C(N)C1(CC(=O)O)CCCCC1. The Labute approximate surface area is 142 Å². The van der Waals surface area contributed by atoms with Gasteiger partial charge in [0.2, 0.25) is 0 Å². The molecule has 1 aliphatic carbocycles. The van der Waals surface area contributed by atoms with Crippen LogP contribution in [0.1, 0.15) is 72.1 Å². The Morgan fingerprint density at radius 3 is 2.25 bits per heavy atom. The number of carboxylic acids is 1. The van der Waals surface area contributed by atoms with Crippen LogP contribution in [0.25, 0.3) is 0 Å². The van der Waals surface area contributed by atoms with Gasteiger partial charge in [0, 0.05) is 25.7 Å². The lowest BCUT2D eigenvalue weighted by Crippen LogP contribution is -2.52. The summed E-state index contributed by atoms with van der Waals surface area (Å²) in [7, 11) is 0. The third-order valence-corrected chi connectivity index (χ3v) is 4.43. The van der Waals surface area contributed by atoms with Crippen LogP contribution < -0.4 is 5.73 Å². The van der Waals surface area contributed by atoms with Gasteiger partial charge in [-0.05, 0) is 19.3 Å². The Bertz CT molecular complexity index is 468. The van der Waals surface area contributed by atoms with Gasteiger partial charge in [-0.3, -0.25) is 14.4 Å². The smallest absolute Gasteiger partial charge is 0.326 e. The lowest BCUT2D eigenvalue weighted by Gasteiger charge is -2.40. The molecular weight excluding hydrogens is 314 g/mol. The zero-order chi connectivity index (χ0) is 18.4. The molecular formula is C17H29NO6. The molecule has 1 rings (SSSR count). The van der Waals surface area contributed by atoms with Crippen LogP contribution >= 0.6 is 0 Å². The van der Waals surface area contributed by atoms with Crippen LogP contribution in [-0.2, 0) is 23.9 Å². The highest BCUT2D eigenvalue weighted by atomic mass is 16.7. The van der Waals surface area contributed by atoms with Gasteiger partial charge in [0.15, 0.2) is 0 Å². The molecule has 0 amide bonds. The number of rotatable bonds is 8. The maximum atomic E-state index is 12.5. The van der Waals surface area contributed by atoms with Gasteiger partial charge in [-0.1, -0.05) is 26.2 Å². The van der Waals surface area contributed by atoms with Gasteiger partial charge >= 0.3 is 17.9 Å². The van der Waals surface area contributed by atoms with E-state index in [0.717, 1.165) is 19.3 Å². The Morgan fingerprint density at radius 1 is 1.17 bits per heavy atom. The van der Waals surface area contributed by atoms with Gasteiger partial charge in [-0.25, -0.2) is 0 Å². The summed E-state index contributed by atoms with van der Waals surface area (Å²) >= 11 is 0. The van der Waals surface area contributed by atoms with Crippen LogP contribution in [0.5, 0.6) is 0 Å². The maximum absolute atomic E-state index is 12.5. The van der Waals surface area contributed by atoms with Crippen molar-refractivity contribution in [2.45, 2.75) is 84.0 Å². The molecule has 1 atom stereocenters. The van der Waals surface area contributed by atoms with E-state index in [-0.39, 0.29) is 12.8 Å². The van der Waals surface area contributed by atoms with Crippen molar-refractivity contribution in [2.24, 2.45) is 11.1 Å². The van der Waals surface area contributed by atoms with E-state index < -0.39 is 35.2 Å². The van der Waals surface area contributed by atoms with Crippen molar-refractivity contribution in [2.75, 3.05) is 0 Å². The molecule has 1 fully saturated rings. The largest absolute Gasteiger partial charge is 0.481 e. The van der Waals surface area contributed by atoms with Crippen molar-refractivity contribution < 1.29 is 29.0 Å². The van der Waals surface area contributed by atoms with Crippen LogP contribution in [0.4, 0.5) is 0 Å². The first-order valence-electron chi connectivity index (χ1n) is 8.54. The standard InChI is InChI=1S/C17H29NO6/c1-4-8-13(21)23-16(2,3)24-15(22)14(18)17(11-12(19)20)9-6-5-7-10-17/h14H,4-11,18H2,1-3H3,(H,19,20). The number of aliphatic carboxylic acids is 1. The summed E-state index contributed by atoms with van der Waals surface area (Å²) in [5.74, 6) is -3.59. The van der Waals surface area contributed by atoms with E-state index in [4.69, 9.17) is 15.2 Å².